The molecule has 1 aromatic carbocycles. The molecule has 0 bridgehead atoms. The van der Waals surface area contributed by atoms with Gasteiger partial charge in [0.1, 0.15) is 10.9 Å². The Hall–Kier alpha value is -1.06. The number of halogens is 1. The van der Waals surface area contributed by atoms with Crippen LogP contribution >= 0.6 is 11.6 Å². The van der Waals surface area contributed by atoms with E-state index < -0.39 is 8.32 Å². The Morgan fingerprint density at radius 3 is 2.42 bits per heavy atom. The van der Waals surface area contributed by atoms with Crippen molar-refractivity contribution >= 4 is 30.8 Å². The summed E-state index contributed by atoms with van der Waals surface area (Å²) in [7, 11) is -1.79. The maximum atomic E-state index is 6.28. The van der Waals surface area contributed by atoms with Gasteiger partial charge in [0, 0.05) is 5.39 Å². The van der Waals surface area contributed by atoms with Crippen molar-refractivity contribution in [1.82, 2.24) is 4.98 Å². The molecule has 1 aromatic heterocycles. The molecule has 102 valence electrons. The summed E-state index contributed by atoms with van der Waals surface area (Å²) >= 11 is 5.89. The lowest BCUT2D eigenvalue weighted by atomic mass is 10.2. The molecule has 0 saturated heterocycles. The van der Waals surface area contributed by atoms with E-state index in [4.69, 9.17) is 16.0 Å². The molecule has 0 unspecified atom stereocenters. The summed E-state index contributed by atoms with van der Waals surface area (Å²) in [6.07, 6.45) is 0. The van der Waals surface area contributed by atoms with Gasteiger partial charge in [-0.3, -0.25) is 0 Å². The number of rotatable bonds is 2. The van der Waals surface area contributed by atoms with E-state index in [0.29, 0.717) is 5.15 Å². The van der Waals surface area contributed by atoms with Gasteiger partial charge in [0.25, 0.3) is 0 Å². The van der Waals surface area contributed by atoms with E-state index in [2.05, 4.69) is 38.8 Å². The van der Waals surface area contributed by atoms with Gasteiger partial charge < -0.3 is 4.43 Å². The van der Waals surface area contributed by atoms with Crippen LogP contribution in [0.25, 0.3) is 10.9 Å². The minimum absolute atomic E-state index is 0.195. The SMILES string of the molecule is CC(C)(C)[Si](C)(C)Oc1ccc2nc(Cl)ccc2c1. The summed E-state index contributed by atoms with van der Waals surface area (Å²) in [5.41, 5.74) is 0.898. The molecule has 2 nitrogen and oxygen atoms in total. The Balaban J connectivity index is 2.35. The molecule has 4 heteroatoms. The molecule has 0 fully saturated rings. The fourth-order valence-corrected chi connectivity index (χ4v) is 2.77. The van der Waals surface area contributed by atoms with Gasteiger partial charge in [-0.15, -0.1) is 0 Å². The summed E-state index contributed by atoms with van der Waals surface area (Å²) in [5, 5.41) is 1.77. The van der Waals surface area contributed by atoms with Gasteiger partial charge in [-0.05, 0) is 48.5 Å². The van der Waals surface area contributed by atoms with Crippen LogP contribution in [0.15, 0.2) is 30.3 Å². The highest BCUT2D eigenvalue weighted by atomic mass is 35.5. The molecule has 0 spiro atoms. The van der Waals surface area contributed by atoms with Crippen molar-refractivity contribution in [2.45, 2.75) is 38.9 Å². The highest BCUT2D eigenvalue weighted by Gasteiger charge is 2.38. The third-order valence-corrected chi connectivity index (χ3v) is 8.37. The monoisotopic (exact) mass is 293 g/mol. The Kier molecular flexibility index (Phi) is 3.62. The summed E-state index contributed by atoms with van der Waals surface area (Å²) in [5.74, 6) is 0.920. The number of fused-ring (bicyclic) bond motifs is 1. The predicted octanol–water partition coefficient (Wildman–Crippen LogP) is 5.27. The van der Waals surface area contributed by atoms with Gasteiger partial charge in [0.15, 0.2) is 0 Å². The number of hydrogen-bond acceptors (Lipinski definition) is 2. The van der Waals surface area contributed by atoms with Gasteiger partial charge in [-0.25, -0.2) is 4.98 Å². The van der Waals surface area contributed by atoms with Crippen LogP contribution in [-0.2, 0) is 0 Å². The minimum Gasteiger partial charge on any atom is -0.543 e. The molecular weight excluding hydrogens is 274 g/mol. The fraction of sp³-hybridized carbons (Fsp3) is 0.400. The van der Waals surface area contributed by atoms with E-state index in [1.54, 1.807) is 6.07 Å². The quantitative estimate of drug-likeness (QED) is 0.556. The second-order valence-corrected chi connectivity index (χ2v) is 11.5. The van der Waals surface area contributed by atoms with E-state index in [1.165, 1.54) is 0 Å². The van der Waals surface area contributed by atoms with E-state index in [-0.39, 0.29) is 5.04 Å². The summed E-state index contributed by atoms with van der Waals surface area (Å²) < 4.78 is 6.28. The summed E-state index contributed by atoms with van der Waals surface area (Å²) in [6.45, 7) is 11.2. The first kappa shape index (κ1) is 14.3. The highest BCUT2D eigenvalue weighted by molar-refractivity contribution is 6.74. The Morgan fingerprint density at radius 1 is 1.11 bits per heavy atom. The Labute approximate surface area is 120 Å². The van der Waals surface area contributed by atoms with Gasteiger partial charge in [0.2, 0.25) is 8.32 Å². The standard InChI is InChI=1S/C15H20ClNOSi/c1-15(2,3)19(4,5)18-12-7-8-13-11(10-12)6-9-14(16)17-13/h6-10H,1-5H3. The van der Waals surface area contributed by atoms with Crippen LogP contribution < -0.4 is 4.43 Å². The maximum absolute atomic E-state index is 6.28. The lowest BCUT2D eigenvalue weighted by Crippen LogP contribution is -2.43. The average Bonchev–Trinajstić information content (AvgIpc) is 2.27. The highest BCUT2D eigenvalue weighted by Crippen LogP contribution is 2.37. The first-order valence-corrected chi connectivity index (χ1v) is 9.73. The van der Waals surface area contributed by atoms with Crippen LogP contribution in [-0.4, -0.2) is 13.3 Å². The normalized spacial score (nSPS) is 12.7. The Morgan fingerprint density at radius 2 is 1.79 bits per heavy atom. The predicted molar refractivity (Wildman–Crippen MR) is 84.6 cm³/mol. The topological polar surface area (TPSA) is 22.1 Å². The fourth-order valence-electron chi connectivity index (χ4n) is 1.59. The number of pyridine rings is 1. The van der Waals surface area contributed by atoms with E-state index >= 15 is 0 Å². The van der Waals surface area contributed by atoms with E-state index in [0.717, 1.165) is 16.7 Å². The molecule has 0 saturated carbocycles. The molecule has 0 aliphatic heterocycles. The zero-order valence-corrected chi connectivity index (χ0v) is 13.9. The van der Waals surface area contributed by atoms with Crippen molar-refractivity contribution in [3.8, 4) is 5.75 Å². The van der Waals surface area contributed by atoms with Gasteiger partial charge >= 0.3 is 0 Å². The van der Waals surface area contributed by atoms with E-state index in [1.807, 2.05) is 24.3 Å². The second-order valence-electron chi connectivity index (χ2n) is 6.35. The van der Waals surface area contributed by atoms with Crippen LogP contribution in [0.1, 0.15) is 20.8 Å². The number of benzene rings is 1. The molecule has 2 rings (SSSR count). The first-order chi connectivity index (χ1) is 8.69. The Bertz CT molecular complexity index is 605. The largest absolute Gasteiger partial charge is 0.543 e. The van der Waals surface area contributed by atoms with Crippen molar-refractivity contribution < 1.29 is 4.43 Å². The molecule has 0 amide bonds. The number of hydrogen-bond donors (Lipinski definition) is 0. The lowest BCUT2D eigenvalue weighted by Gasteiger charge is -2.36. The van der Waals surface area contributed by atoms with Crippen LogP contribution in [0.3, 0.4) is 0 Å². The molecule has 0 aliphatic carbocycles. The average molecular weight is 294 g/mol. The van der Waals surface area contributed by atoms with Crippen LogP contribution in [0, 0.1) is 0 Å². The van der Waals surface area contributed by atoms with Crippen molar-refractivity contribution in [2.24, 2.45) is 0 Å². The molecule has 2 aromatic rings. The van der Waals surface area contributed by atoms with Crippen LogP contribution in [0.4, 0.5) is 0 Å². The van der Waals surface area contributed by atoms with Crippen molar-refractivity contribution in [3.63, 3.8) is 0 Å². The summed E-state index contributed by atoms with van der Waals surface area (Å²) in [6, 6.07) is 9.76. The minimum atomic E-state index is -1.79. The molecule has 19 heavy (non-hydrogen) atoms. The van der Waals surface area contributed by atoms with Crippen molar-refractivity contribution in [2.75, 3.05) is 0 Å². The molecule has 0 atom stereocenters. The maximum Gasteiger partial charge on any atom is 0.250 e. The molecule has 0 aliphatic rings. The van der Waals surface area contributed by atoms with Crippen LogP contribution in [0.5, 0.6) is 5.75 Å². The third kappa shape index (κ3) is 3.10. The van der Waals surface area contributed by atoms with Crippen molar-refractivity contribution in [3.05, 3.63) is 35.5 Å². The second kappa shape index (κ2) is 4.80. The molecule has 1 heterocycles. The molecule has 0 N–H and O–H groups in total. The van der Waals surface area contributed by atoms with Gasteiger partial charge in [0.05, 0.1) is 5.52 Å². The van der Waals surface area contributed by atoms with Gasteiger partial charge in [-0.2, -0.15) is 0 Å². The zero-order chi connectivity index (χ0) is 14.3. The molecule has 0 radical (unpaired) electrons. The summed E-state index contributed by atoms with van der Waals surface area (Å²) in [4.78, 5) is 4.28. The lowest BCUT2D eigenvalue weighted by molar-refractivity contribution is 0.493. The number of aromatic nitrogens is 1. The third-order valence-electron chi connectivity index (χ3n) is 3.81. The van der Waals surface area contributed by atoms with Crippen molar-refractivity contribution in [1.29, 1.82) is 0 Å². The van der Waals surface area contributed by atoms with E-state index in [9.17, 15) is 0 Å². The number of nitrogens with zero attached hydrogens (tertiary/aromatic N) is 1. The van der Waals surface area contributed by atoms with Crippen LogP contribution in [0.2, 0.25) is 23.3 Å². The molecular formula is C15H20ClNOSi. The first-order valence-electron chi connectivity index (χ1n) is 6.44. The smallest absolute Gasteiger partial charge is 0.250 e. The zero-order valence-electron chi connectivity index (χ0n) is 12.1. The van der Waals surface area contributed by atoms with Gasteiger partial charge in [-0.1, -0.05) is 32.4 Å².